The number of hydrogen-bond acceptors (Lipinski definition) is 5. The van der Waals surface area contributed by atoms with Crippen LogP contribution in [0.3, 0.4) is 0 Å². The summed E-state index contributed by atoms with van der Waals surface area (Å²) < 4.78 is 0. The van der Waals surface area contributed by atoms with Gasteiger partial charge in [0.1, 0.15) is 0 Å². The smallest absolute Gasteiger partial charge is 0.0865 e. The van der Waals surface area contributed by atoms with E-state index in [1.165, 1.54) is 0 Å². The maximum atomic E-state index is 6.17. The predicted molar refractivity (Wildman–Crippen MR) is 116 cm³/mol. The van der Waals surface area contributed by atoms with Gasteiger partial charge < -0.3 is 16.0 Å². The van der Waals surface area contributed by atoms with E-state index in [2.05, 4.69) is 33.9 Å². The third kappa shape index (κ3) is 4.05. The lowest BCUT2D eigenvalue weighted by molar-refractivity contribution is 0.506. The van der Waals surface area contributed by atoms with Crippen molar-refractivity contribution in [1.82, 2.24) is 9.97 Å². The zero-order valence-corrected chi connectivity index (χ0v) is 15.9. The lowest BCUT2D eigenvalue weighted by Crippen LogP contribution is -2.43. The molecule has 0 radical (unpaired) electrons. The lowest BCUT2D eigenvalue weighted by atomic mass is 10.1. The average Bonchev–Trinajstić information content (AvgIpc) is 2.75. The third-order valence-electron chi connectivity index (χ3n) is 5.01. The fraction of sp³-hybridized carbons (Fsp3) is 0.217. The largest absolute Gasteiger partial charge is 0.368 e. The van der Waals surface area contributed by atoms with Gasteiger partial charge in [0.15, 0.2) is 0 Å². The second-order valence-electron chi connectivity index (χ2n) is 7.12. The van der Waals surface area contributed by atoms with Gasteiger partial charge in [0.2, 0.25) is 0 Å². The van der Waals surface area contributed by atoms with Gasteiger partial charge in [-0.1, -0.05) is 43.0 Å². The van der Waals surface area contributed by atoms with Crippen LogP contribution in [-0.4, -0.2) is 29.1 Å². The van der Waals surface area contributed by atoms with Crippen molar-refractivity contribution in [2.45, 2.75) is 18.9 Å². The summed E-state index contributed by atoms with van der Waals surface area (Å²) in [6.45, 7) is 6.07. The highest BCUT2D eigenvalue weighted by atomic mass is 15.2. The Morgan fingerprint density at radius 1 is 1.11 bits per heavy atom. The molecule has 1 atom stereocenters. The van der Waals surface area contributed by atoms with Crippen LogP contribution >= 0.6 is 0 Å². The van der Waals surface area contributed by atoms with Crippen LogP contribution in [0.15, 0.2) is 73.6 Å². The number of nitrogens with zero attached hydrogens (tertiary/aromatic N) is 3. The SMILES string of the molecule is C=C(Nc1cnccc1N1CCC[C@H](N)C1)c1cccc(-c2ccccc2)n1. The molecule has 2 aromatic heterocycles. The Labute approximate surface area is 165 Å². The van der Waals surface area contributed by atoms with Crippen LogP contribution in [0, 0.1) is 0 Å². The number of nitrogens with one attached hydrogen (secondary N) is 1. The second-order valence-corrected chi connectivity index (χ2v) is 7.12. The van der Waals surface area contributed by atoms with Gasteiger partial charge in [-0.3, -0.25) is 4.98 Å². The van der Waals surface area contributed by atoms with E-state index >= 15 is 0 Å². The Morgan fingerprint density at radius 2 is 1.96 bits per heavy atom. The number of aromatic nitrogens is 2. The van der Waals surface area contributed by atoms with Gasteiger partial charge in [-0.15, -0.1) is 0 Å². The molecule has 0 spiro atoms. The normalized spacial score (nSPS) is 16.6. The maximum absolute atomic E-state index is 6.17. The van der Waals surface area contributed by atoms with E-state index in [9.17, 15) is 0 Å². The summed E-state index contributed by atoms with van der Waals surface area (Å²) >= 11 is 0. The average molecular weight is 371 g/mol. The molecule has 0 amide bonds. The summed E-state index contributed by atoms with van der Waals surface area (Å²) in [7, 11) is 0. The highest BCUT2D eigenvalue weighted by Gasteiger charge is 2.19. The Kier molecular flexibility index (Phi) is 5.35. The Morgan fingerprint density at radius 3 is 2.79 bits per heavy atom. The van der Waals surface area contributed by atoms with Crippen LogP contribution in [0.25, 0.3) is 17.0 Å². The number of piperidine rings is 1. The molecule has 1 fully saturated rings. The topological polar surface area (TPSA) is 67.1 Å². The van der Waals surface area contributed by atoms with Crippen molar-refractivity contribution in [2.24, 2.45) is 5.73 Å². The van der Waals surface area contributed by atoms with E-state index in [4.69, 9.17) is 10.7 Å². The molecule has 0 saturated carbocycles. The van der Waals surface area contributed by atoms with Gasteiger partial charge in [-0.2, -0.15) is 0 Å². The molecule has 142 valence electrons. The molecule has 3 N–H and O–H groups in total. The van der Waals surface area contributed by atoms with Crippen LogP contribution in [0.4, 0.5) is 11.4 Å². The first-order valence-corrected chi connectivity index (χ1v) is 9.64. The van der Waals surface area contributed by atoms with Gasteiger partial charge in [0.05, 0.1) is 34.7 Å². The molecule has 1 saturated heterocycles. The maximum Gasteiger partial charge on any atom is 0.0865 e. The van der Waals surface area contributed by atoms with Crippen molar-refractivity contribution in [3.05, 3.63) is 79.3 Å². The Hall–Kier alpha value is -3.18. The van der Waals surface area contributed by atoms with E-state index in [1.54, 1.807) is 0 Å². The first-order chi connectivity index (χ1) is 13.7. The molecule has 0 unspecified atom stereocenters. The van der Waals surface area contributed by atoms with Crippen LogP contribution in [0.2, 0.25) is 0 Å². The van der Waals surface area contributed by atoms with E-state index in [1.807, 2.05) is 54.9 Å². The van der Waals surface area contributed by atoms with Gasteiger partial charge in [-0.05, 0) is 31.0 Å². The fourth-order valence-electron chi connectivity index (χ4n) is 3.59. The number of hydrogen-bond donors (Lipinski definition) is 2. The summed E-state index contributed by atoms with van der Waals surface area (Å²) in [6.07, 6.45) is 5.83. The van der Waals surface area contributed by atoms with Gasteiger partial charge in [0, 0.05) is 30.9 Å². The molecule has 5 nitrogen and oxygen atoms in total. The zero-order chi connectivity index (χ0) is 19.3. The van der Waals surface area contributed by atoms with E-state index < -0.39 is 0 Å². The van der Waals surface area contributed by atoms with Crippen molar-refractivity contribution in [1.29, 1.82) is 0 Å². The number of nitrogens with two attached hydrogens (primary N) is 1. The molecule has 0 bridgehead atoms. The highest BCUT2D eigenvalue weighted by Crippen LogP contribution is 2.29. The molecule has 5 heteroatoms. The predicted octanol–water partition coefficient (Wildman–Crippen LogP) is 4.15. The standard InChI is InChI=1S/C23H25N5/c1-17(20-10-5-11-21(27-20)18-7-3-2-4-8-18)26-22-15-25-13-12-23(22)28-14-6-9-19(24)16-28/h2-5,7-8,10-13,15,19,26H,1,6,9,14,16,24H2/t19-/m0/s1. The van der Waals surface area contributed by atoms with Crippen molar-refractivity contribution in [2.75, 3.05) is 23.3 Å². The third-order valence-corrected chi connectivity index (χ3v) is 5.01. The van der Waals surface area contributed by atoms with Gasteiger partial charge in [0.25, 0.3) is 0 Å². The molecule has 0 aliphatic carbocycles. The summed E-state index contributed by atoms with van der Waals surface area (Å²) in [5.41, 5.74) is 11.8. The summed E-state index contributed by atoms with van der Waals surface area (Å²) in [6, 6.07) is 18.4. The lowest BCUT2D eigenvalue weighted by Gasteiger charge is -2.33. The minimum Gasteiger partial charge on any atom is -0.368 e. The summed E-state index contributed by atoms with van der Waals surface area (Å²) in [4.78, 5) is 11.4. The summed E-state index contributed by atoms with van der Waals surface area (Å²) in [5.74, 6) is 0. The van der Waals surface area contributed by atoms with E-state index in [0.717, 1.165) is 60.0 Å². The molecule has 28 heavy (non-hydrogen) atoms. The van der Waals surface area contributed by atoms with Crippen LogP contribution < -0.4 is 16.0 Å². The molecule has 3 heterocycles. The van der Waals surface area contributed by atoms with E-state index in [0.29, 0.717) is 0 Å². The van der Waals surface area contributed by atoms with Crippen molar-refractivity contribution < 1.29 is 0 Å². The van der Waals surface area contributed by atoms with Gasteiger partial charge >= 0.3 is 0 Å². The molecule has 1 aliphatic rings. The monoisotopic (exact) mass is 371 g/mol. The Bertz CT molecular complexity index is 954. The highest BCUT2D eigenvalue weighted by molar-refractivity contribution is 5.81. The quantitative estimate of drug-likeness (QED) is 0.705. The van der Waals surface area contributed by atoms with Crippen molar-refractivity contribution >= 4 is 17.1 Å². The Balaban J connectivity index is 1.56. The molecule has 4 rings (SSSR count). The van der Waals surface area contributed by atoms with Crippen LogP contribution in [0.5, 0.6) is 0 Å². The molecular formula is C23H25N5. The first-order valence-electron chi connectivity index (χ1n) is 9.64. The molecule has 1 aromatic carbocycles. The minimum atomic E-state index is 0.210. The summed E-state index contributed by atoms with van der Waals surface area (Å²) in [5, 5.41) is 3.42. The molecule has 3 aromatic rings. The first kappa shape index (κ1) is 18.2. The van der Waals surface area contributed by atoms with Crippen molar-refractivity contribution in [3.8, 4) is 11.3 Å². The van der Waals surface area contributed by atoms with Crippen LogP contribution in [0.1, 0.15) is 18.5 Å². The number of benzene rings is 1. The van der Waals surface area contributed by atoms with Gasteiger partial charge in [-0.25, -0.2) is 4.98 Å². The molecule has 1 aliphatic heterocycles. The van der Waals surface area contributed by atoms with Crippen LogP contribution in [-0.2, 0) is 0 Å². The van der Waals surface area contributed by atoms with Crippen molar-refractivity contribution in [3.63, 3.8) is 0 Å². The minimum absolute atomic E-state index is 0.210. The number of anilines is 2. The zero-order valence-electron chi connectivity index (χ0n) is 15.9. The molecular weight excluding hydrogens is 346 g/mol. The number of rotatable bonds is 5. The second kappa shape index (κ2) is 8.23. The van der Waals surface area contributed by atoms with E-state index in [-0.39, 0.29) is 6.04 Å². The number of pyridine rings is 2. The fourth-order valence-corrected chi connectivity index (χ4v) is 3.59.